The molecule has 1 atom stereocenters. The molecular weight excluding hydrogens is 236 g/mol. The average Bonchev–Trinajstić information content (AvgIpc) is 2.42. The van der Waals surface area contributed by atoms with E-state index in [0.29, 0.717) is 23.8 Å². The molecule has 104 valence electrons. The van der Waals surface area contributed by atoms with Crippen LogP contribution in [0.2, 0.25) is 0 Å². The number of hydrogen-bond donors (Lipinski definition) is 0. The molecule has 2 rings (SSSR count). The second-order valence-corrected chi connectivity index (χ2v) is 6.35. The molecule has 1 spiro atoms. The largest absolute Gasteiger partial charge is 0.311 e. The van der Waals surface area contributed by atoms with Crippen molar-refractivity contribution in [3.63, 3.8) is 0 Å². The summed E-state index contributed by atoms with van der Waals surface area (Å²) in [5.41, 5.74) is 0.314. The Morgan fingerprint density at radius 3 is 2.32 bits per heavy atom. The van der Waals surface area contributed by atoms with Gasteiger partial charge in [0, 0.05) is 32.1 Å². The van der Waals surface area contributed by atoms with Gasteiger partial charge in [-0.3, -0.25) is 0 Å². The monoisotopic (exact) mass is 260 g/mol. The summed E-state index contributed by atoms with van der Waals surface area (Å²) in [7, 11) is 0. The van der Waals surface area contributed by atoms with Gasteiger partial charge in [0.2, 0.25) is 0 Å². The lowest BCUT2D eigenvalue weighted by atomic mass is 9.63. The molecule has 0 aliphatic carbocycles. The normalized spacial score (nSPS) is 27.2. The zero-order chi connectivity index (χ0) is 13.9. The van der Waals surface area contributed by atoms with Crippen molar-refractivity contribution in [2.24, 2.45) is 11.3 Å². The van der Waals surface area contributed by atoms with Crippen molar-refractivity contribution in [3.8, 4) is 12.3 Å². The molecule has 0 aromatic rings. The van der Waals surface area contributed by atoms with E-state index >= 15 is 0 Å². The zero-order valence-electron chi connectivity index (χ0n) is 12.1. The van der Waals surface area contributed by atoms with Crippen LogP contribution < -0.4 is 0 Å². The third-order valence-corrected chi connectivity index (χ3v) is 5.19. The summed E-state index contributed by atoms with van der Waals surface area (Å²) in [6, 6.07) is 2.96. The molecule has 0 saturated carbocycles. The Hall–Kier alpha value is -1.26. The highest BCUT2D eigenvalue weighted by Gasteiger charge is 2.44. The maximum atomic E-state index is 9.12. The minimum atomic E-state index is 0.314. The highest BCUT2D eigenvalue weighted by Crippen LogP contribution is 2.46. The SMILES string of the molecule is CC(C)N1CCC2(CCN(C#N)CC2)C(CC#N)C1. The van der Waals surface area contributed by atoms with Gasteiger partial charge in [0.25, 0.3) is 0 Å². The molecule has 4 heteroatoms. The summed E-state index contributed by atoms with van der Waals surface area (Å²) in [5.74, 6) is 0.481. The van der Waals surface area contributed by atoms with Crippen LogP contribution in [0.25, 0.3) is 0 Å². The molecule has 2 heterocycles. The van der Waals surface area contributed by atoms with Gasteiger partial charge in [-0.05, 0) is 51.0 Å². The molecule has 0 aromatic heterocycles. The minimum Gasteiger partial charge on any atom is -0.311 e. The van der Waals surface area contributed by atoms with Crippen LogP contribution in [0, 0.1) is 34.1 Å². The Bertz CT molecular complexity index is 382. The summed E-state index contributed by atoms with van der Waals surface area (Å²) < 4.78 is 0. The Labute approximate surface area is 116 Å². The molecule has 2 fully saturated rings. The Morgan fingerprint density at radius 1 is 1.16 bits per heavy atom. The third kappa shape index (κ3) is 2.85. The van der Waals surface area contributed by atoms with Gasteiger partial charge in [-0.1, -0.05) is 0 Å². The van der Waals surface area contributed by atoms with Crippen molar-refractivity contribution in [2.45, 2.75) is 45.6 Å². The number of rotatable bonds is 2. The first-order valence-corrected chi connectivity index (χ1v) is 7.37. The number of piperidine rings is 2. The smallest absolute Gasteiger partial charge is 0.179 e. The van der Waals surface area contributed by atoms with E-state index in [1.165, 1.54) is 6.42 Å². The van der Waals surface area contributed by atoms with Crippen molar-refractivity contribution < 1.29 is 0 Å². The van der Waals surface area contributed by atoms with E-state index in [-0.39, 0.29) is 0 Å². The fraction of sp³-hybridized carbons (Fsp3) is 0.867. The second kappa shape index (κ2) is 5.80. The highest BCUT2D eigenvalue weighted by atomic mass is 15.2. The third-order valence-electron chi connectivity index (χ3n) is 5.19. The molecule has 4 nitrogen and oxygen atoms in total. The zero-order valence-corrected chi connectivity index (χ0v) is 12.1. The van der Waals surface area contributed by atoms with E-state index in [1.807, 2.05) is 4.90 Å². The fourth-order valence-corrected chi connectivity index (χ4v) is 3.71. The summed E-state index contributed by atoms with van der Waals surface area (Å²) in [5, 5.41) is 18.1. The average molecular weight is 260 g/mol. The molecule has 0 amide bonds. The van der Waals surface area contributed by atoms with Crippen molar-refractivity contribution in [2.75, 3.05) is 26.2 Å². The maximum absolute atomic E-state index is 9.12. The van der Waals surface area contributed by atoms with Crippen molar-refractivity contribution in [1.82, 2.24) is 9.80 Å². The molecule has 1 unspecified atom stereocenters. The van der Waals surface area contributed by atoms with Crippen LogP contribution in [-0.2, 0) is 0 Å². The number of nitriles is 2. The van der Waals surface area contributed by atoms with Crippen LogP contribution in [0.4, 0.5) is 0 Å². The predicted octanol–water partition coefficient (Wildman–Crippen LogP) is 2.19. The molecule has 0 radical (unpaired) electrons. The van der Waals surface area contributed by atoms with Gasteiger partial charge in [-0.25, -0.2) is 0 Å². The first-order valence-electron chi connectivity index (χ1n) is 7.37. The second-order valence-electron chi connectivity index (χ2n) is 6.35. The topological polar surface area (TPSA) is 54.1 Å². The molecule has 0 N–H and O–H groups in total. The molecule has 0 bridgehead atoms. The summed E-state index contributed by atoms with van der Waals surface area (Å²) in [4.78, 5) is 4.37. The molecule has 2 saturated heterocycles. The van der Waals surface area contributed by atoms with Crippen molar-refractivity contribution >= 4 is 0 Å². The number of hydrogen-bond acceptors (Lipinski definition) is 4. The minimum absolute atomic E-state index is 0.314. The van der Waals surface area contributed by atoms with E-state index in [4.69, 9.17) is 10.5 Å². The Morgan fingerprint density at radius 2 is 1.79 bits per heavy atom. The molecule has 19 heavy (non-hydrogen) atoms. The molecular formula is C15H24N4. The van der Waals surface area contributed by atoms with Crippen molar-refractivity contribution in [3.05, 3.63) is 0 Å². The van der Waals surface area contributed by atoms with Gasteiger partial charge in [0.15, 0.2) is 6.19 Å². The molecule has 2 aliphatic heterocycles. The standard InChI is InChI=1S/C15H24N4/c1-13(2)19-10-6-15(14(11-19)3-7-16)4-8-18(12-17)9-5-15/h13-14H,3-6,8-11H2,1-2H3. The molecule has 2 aliphatic rings. The van der Waals surface area contributed by atoms with Crippen LogP contribution >= 0.6 is 0 Å². The van der Waals surface area contributed by atoms with Crippen LogP contribution in [0.3, 0.4) is 0 Å². The van der Waals surface area contributed by atoms with E-state index in [0.717, 1.165) is 39.0 Å². The lowest BCUT2D eigenvalue weighted by Gasteiger charge is -2.51. The van der Waals surface area contributed by atoms with E-state index in [9.17, 15) is 0 Å². The van der Waals surface area contributed by atoms with Crippen LogP contribution in [0.1, 0.15) is 39.5 Å². The van der Waals surface area contributed by atoms with Crippen LogP contribution in [0.15, 0.2) is 0 Å². The van der Waals surface area contributed by atoms with Gasteiger partial charge in [-0.15, -0.1) is 0 Å². The van der Waals surface area contributed by atoms with Gasteiger partial charge < -0.3 is 9.80 Å². The first-order chi connectivity index (χ1) is 9.11. The van der Waals surface area contributed by atoms with Crippen molar-refractivity contribution in [1.29, 1.82) is 10.5 Å². The first kappa shape index (κ1) is 14.2. The van der Waals surface area contributed by atoms with Gasteiger partial charge in [-0.2, -0.15) is 10.5 Å². The Balaban J connectivity index is 2.08. The highest BCUT2D eigenvalue weighted by molar-refractivity contribution is 5.00. The quantitative estimate of drug-likeness (QED) is 0.714. The predicted molar refractivity (Wildman–Crippen MR) is 73.9 cm³/mol. The maximum Gasteiger partial charge on any atom is 0.179 e. The van der Waals surface area contributed by atoms with Crippen LogP contribution in [0.5, 0.6) is 0 Å². The van der Waals surface area contributed by atoms with E-state index in [2.05, 4.69) is 31.0 Å². The summed E-state index contributed by atoms with van der Waals surface area (Å²) >= 11 is 0. The van der Waals surface area contributed by atoms with E-state index in [1.54, 1.807) is 0 Å². The fourth-order valence-electron chi connectivity index (χ4n) is 3.71. The van der Waals surface area contributed by atoms with Gasteiger partial charge in [0.05, 0.1) is 6.07 Å². The summed E-state index contributed by atoms with van der Waals surface area (Å²) in [6.45, 7) is 8.42. The van der Waals surface area contributed by atoms with Gasteiger partial charge in [0.1, 0.15) is 0 Å². The Kier molecular flexibility index (Phi) is 4.32. The lowest BCUT2D eigenvalue weighted by molar-refractivity contribution is -0.0172. The van der Waals surface area contributed by atoms with Gasteiger partial charge >= 0.3 is 0 Å². The lowest BCUT2D eigenvalue weighted by Crippen LogP contribution is -2.53. The number of nitrogens with zero attached hydrogens (tertiary/aromatic N) is 4. The number of likely N-dealkylation sites (tertiary alicyclic amines) is 2. The van der Waals surface area contributed by atoms with Crippen LogP contribution in [-0.4, -0.2) is 42.0 Å². The van der Waals surface area contributed by atoms with E-state index < -0.39 is 0 Å². The summed E-state index contributed by atoms with van der Waals surface area (Å²) in [6.07, 6.45) is 6.28. The molecule has 0 aromatic carbocycles.